The van der Waals surface area contributed by atoms with Crippen molar-refractivity contribution < 1.29 is 32.2 Å². The molecule has 85 heavy (non-hydrogen) atoms. The van der Waals surface area contributed by atoms with E-state index in [2.05, 4.69) is 40.0 Å². The summed E-state index contributed by atoms with van der Waals surface area (Å²) in [7, 11) is 0. The number of hydrogen-bond donors (Lipinski definition) is 1. The van der Waals surface area contributed by atoms with Crippen molar-refractivity contribution in [1.29, 1.82) is 10.5 Å². The monoisotopic (exact) mass is 1200 g/mol. The molecular formula is C62H61Cl2F3N12O6. The van der Waals surface area contributed by atoms with Gasteiger partial charge in [-0.1, -0.05) is 42.4 Å². The average molecular weight is 1200 g/mol. The molecule has 0 radical (unpaired) electrons. The van der Waals surface area contributed by atoms with Crippen molar-refractivity contribution in [3.8, 4) is 45.9 Å². The number of piperazine rings is 3. The third-order valence-corrected chi connectivity index (χ3v) is 18.3. The summed E-state index contributed by atoms with van der Waals surface area (Å²) in [5, 5.41) is 22.7. The SMILES string of the molecule is C=CC(=O)N1CCN(c2c(C#N)c(=O)n3c4c(c(-c5ccc(F)cc5F)c(Cl)cc24)OCC3CN2CCN(CC(=C)C(=O)N3CCN(c4c(C#N)c(=O)n5c6c(c(-c7c(N)cccc7F)c(Cl)cc46)OCC5CN4CCC4)[C@@H](C)C3)CC2)[C@@H](C)C1. The number of nitrogens with two attached hydrogens (primary N) is 1. The van der Waals surface area contributed by atoms with E-state index in [-0.39, 0.29) is 124 Å². The molecule has 0 saturated carbocycles. The number of halogens is 5. The summed E-state index contributed by atoms with van der Waals surface area (Å²) in [5.41, 5.74) is 7.40. The summed E-state index contributed by atoms with van der Waals surface area (Å²) in [6.07, 6.45) is 2.28. The van der Waals surface area contributed by atoms with Gasteiger partial charge in [0.2, 0.25) is 5.91 Å². The van der Waals surface area contributed by atoms with E-state index in [1.54, 1.807) is 37.1 Å². The number of carbonyl (C=O) groups is 2. The smallest absolute Gasteiger partial charge is 0.271 e. The van der Waals surface area contributed by atoms with Gasteiger partial charge in [0, 0.05) is 148 Å². The number of benzene rings is 4. The van der Waals surface area contributed by atoms with Crippen molar-refractivity contribution in [3.05, 3.63) is 133 Å². The van der Waals surface area contributed by atoms with Crippen molar-refractivity contribution in [2.75, 3.05) is 127 Å². The molecule has 0 aliphatic carbocycles. The Balaban J connectivity index is 0.766. The van der Waals surface area contributed by atoms with E-state index < -0.39 is 46.7 Å². The summed E-state index contributed by atoms with van der Waals surface area (Å²) in [6.45, 7) is 18.4. The Kier molecular flexibility index (Phi) is 15.4. The lowest BCUT2D eigenvalue weighted by atomic mass is 9.95. The second-order valence-corrected chi connectivity index (χ2v) is 23.7. The molecule has 12 rings (SSSR count). The molecule has 2 aromatic heterocycles. The van der Waals surface area contributed by atoms with Crippen LogP contribution < -0.4 is 36.1 Å². The van der Waals surface area contributed by atoms with Crippen LogP contribution in [0.5, 0.6) is 11.5 Å². The highest BCUT2D eigenvalue weighted by Crippen LogP contribution is 2.51. The zero-order valence-electron chi connectivity index (χ0n) is 47.0. The van der Waals surface area contributed by atoms with Gasteiger partial charge in [-0.05, 0) is 75.8 Å². The Morgan fingerprint density at radius 3 is 1.74 bits per heavy atom. The highest BCUT2D eigenvalue weighted by atomic mass is 35.5. The number of nitriles is 2. The first-order chi connectivity index (χ1) is 40.9. The highest BCUT2D eigenvalue weighted by Gasteiger charge is 2.40. The van der Waals surface area contributed by atoms with Crippen LogP contribution in [-0.4, -0.2) is 169 Å². The molecule has 2 N–H and O–H groups in total. The number of hydrogen-bond acceptors (Lipinski definition) is 14. The molecule has 6 aromatic rings. The lowest BCUT2D eigenvalue weighted by Gasteiger charge is -2.43. The number of carbonyl (C=O) groups excluding carboxylic acids is 2. The Morgan fingerprint density at radius 1 is 0.694 bits per heavy atom. The standard InChI is InChI=1S/C62H61Cl2F3N12O6/c1-5-50(80)74-18-20-76(35(3)28-74)54-41-23-45(63)51(40-11-10-37(65)22-48(40)67)58-56(41)78(61(82)43(54)25-68)39(32-84-58)31-73-16-14-72(15-17-73)27-34(2)60(81)75-19-21-77(36(4)29-75)55-42-24-46(64)52(53-47(66)8-6-9-49(53)70)59-57(42)79(62(83)44(55)26-69)38(33-85-59)30-71-12-7-13-71/h5-6,8-11,22-24,35-36,38-39H,1-2,7,12-21,27-33,70H2,3-4H3/t35-,36-,38?,39?/m0/s1. The van der Waals surface area contributed by atoms with Gasteiger partial charge in [-0.3, -0.25) is 38.1 Å². The van der Waals surface area contributed by atoms with Crippen molar-refractivity contribution in [2.24, 2.45) is 0 Å². The highest BCUT2D eigenvalue weighted by molar-refractivity contribution is 6.36. The van der Waals surface area contributed by atoms with Gasteiger partial charge in [-0.15, -0.1) is 0 Å². The van der Waals surface area contributed by atoms with Crippen LogP contribution >= 0.6 is 23.2 Å². The maximum Gasteiger partial charge on any atom is 0.271 e. The van der Waals surface area contributed by atoms with E-state index in [4.69, 9.17) is 38.4 Å². The second kappa shape index (κ2) is 22.7. The molecule has 6 aliphatic rings. The fourth-order valence-electron chi connectivity index (χ4n) is 13.5. The minimum atomic E-state index is -0.880. The average Bonchev–Trinajstić information content (AvgIpc) is 1.39. The van der Waals surface area contributed by atoms with Gasteiger partial charge < -0.3 is 39.7 Å². The maximum absolute atomic E-state index is 15.7. The number of nitrogen functional groups attached to an aromatic ring is 1. The molecule has 4 aromatic carbocycles. The third kappa shape index (κ3) is 9.89. The van der Waals surface area contributed by atoms with Crippen LogP contribution in [0.4, 0.5) is 30.2 Å². The lowest BCUT2D eigenvalue weighted by Crippen LogP contribution is -2.55. The van der Waals surface area contributed by atoms with Gasteiger partial charge in [0.1, 0.15) is 53.9 Å². The van der Waals surface area contributed by atoms with Crippen LogP contribution in [-0.2, 0) is 9.59 Å². The number of nitrogens with zero attached hydrogens (tertiary/aromatic N) is 11. The van der Waals surface area contributed by atoms with Gasteiger partial charge in [0.15, 0.2) is 11.5 Å². The first-order valence-electron chi connectivity index (χ1n) is 28.4. The summed E-state index contributed by atoms with van der Waals surface area (Å²) in [6, 6.07) is 13.3. The van der Waals surface area contributed by atoms with Crippen LogP contribution in [0.1, 0.15) is 43.5 Å². The molecule has 6 aliphatic heterocycles. The van der Waals surface area contributed by atoms with Crippen LogP contribution in [0.15, 0.2) is 82.9 Å². The van der Waals surface area contributed by atoms with Crippen LogP contribution in [0.2, 0.25) is 10.0 Å². The van der Waals surface area contributed by atoms with Crippen LogP contribution in [0.25, 0.3) is 44.1 Å². The molecular weight excluding hydrogens is 1140 g/mol. The largest absolute Gasteiger partial charge is 0.488 e. The predicted molar refractivity (Wildman–Crippen MR) is 320 cm³/mol. The Morgan fingerprint density at radius 2 is 1.22 bits per heavy atom. The van der Waals surface area contributed by atoms with E-state index in [9.17, 15) is 34.1 Å². The van der Waals surface area contributed by atoms with Crippen molar-refractivity contribution in [2.45, 2.75) is 44.4 Å². The van der Waals surface area contributed by atoms with Crippen LogP contribution in [0.3, 0.4) is 0 Å². The predicted octanol–water partition coefficient (Wildman–Crippen LogP) is 7.41. The Labute approximate surface area is 498 Å². The van der Waals surface area contributed by atoms with Crippen LogP contribution in [0, 0.1) is 40.1 Å². The third-order valence-electron chi connectivity index (χ3n) is 17.7. The number of ether oxygens (including phenoxy) is 2. The van der Waals surface area contributed by atoms with E-state index in [0.717, 1.165) is 31.6 Å². The maximum atomic E-state index is 15.7. The van der Waals surface area contributed by atoms with Crippen molar-refractivity contribution >= 4 is 73.9 Å². The fraction of sp³-hybridized carbons (Fsp3) is 0.387. The normalized spacial score (nSPS) is 20.8. The number of rotatable bonds is 12. The summed E-state index contributed by atoms with van der Waals surface area (Å²) in [5.74, 6) is -2.42. The number of likely N-dealkylation sites (tertiary alicyclic amines) is 1. The van der Waals surface area contributed by atoms with E-state index in [1.807, 2.05) is 23.6 Å². The van der Waals surface area contributed by atoms with Gasteiger partial charge in [0.25, 0.3) is 17.0 Å². The molecule has 23 heteroatoms. The van der Waals surface area contributed by atoms with E-state index in [1.165, 1.54) is 24.3 Å². The molecule has 8 heterocycles. The number of pyridine rings is 2. The van der Waals surface area contributed by atoms with E-state index >= 15 is 8.78 Å². The molecule has 0 spiro atoms. The molecule has 4 saturated heterocycles. The van der Waals surface area contributed by atoms with Gasteiger partial charge in [-0.25, -0.2) is 13.2 Å². The van der Waals surface area contributed by atoms with Crippen molar-refractivity contribution in [3.63, 3.8) is 0 Å². The first kappa shape index (κ1) is 57.4. The zero-order chi connectivity index (χ0) is 59.9. The molecule has 4 fully saturated rings. The molecule has 4 atom stereocenters. The number of anilines is 3. The molecule has 2 amide bonds. The van der Waals surface area contributed by atoms with Gasteiger partial charge >= 0.3 is 0 Å². The summed E-state index contributed by atoms with van der Waals surface area (Å²) in [4.78, 5) is 70.5. The minimum Gasteiger partial charge on any atom is -0.488 e. The number of amides is 2. The summed E-state index contributed by atoms with van der Waals surface area (Å²) < 4.78 is 61.8. The van der Waals surface area contributed by atoms with Crippen molar-refractivity contribution in [1.82, 2.24) is 33.6 Å². The Bertz CT molecular complexity index is 4020. The zero-order valence-corrected chi connectivity index (χ0v) is 48.5. The quantitative estimate of drug-likeness (QED) is 0.0941. The van der Waals surface area contributed by atoms with Gasteiger partial charge in [-0.2, -0.15) is 10.5 Å². The topological polar surface area (TPSA) is 193 Å². The van der Waals surface area contributed by atoms with E-state index in [0.29, 0.717) is 91.1 Å². The fourth-order valence-corrected chi connectivity index (χ4v) is 14.1. The lowest BCUT2D eigenvalue weighted by molar-refractivity contribution is -0.128. The molecule has 0 bridgehead atoms. The second-order valence-electron chi connectivity index (χ2n) is 22.9. The Hall–Kier alpha value is -8.05. The molecule has 440 valence electrons. The molecule has 2 unspecified atom stereocenters. The number of aromatic nitrogens is 2. The molecule has 18 nitrogen and oxygen atoms in total. The minimum absolute atomic E-state index is 0.0295. The first-order valence-corrected chi connectivity index (χ1v) is 29.2. The summed E-state index contributed by atoms with van der Waals surface area (Å²) >= 11 is 14.1. The van der Waals surface area contributed by atoms with Gasteiger partial charge in [0.05, 0.1) is 44.5 Å².